The van der Waals surface area contributed by atoms with Gasteiger partial charge in [0.15, 0.2) is 5.11 Å². The van der Waals surface area contributed by atoms with E-state index < -0.39 is 11.9 Å². The van der Waals surface area contributed by atoms with Crippen molar-refractivity contribution in [3.63, 3.8) is 0 Å². The van der Waals surface area contributed by atoms with Gasteiger partial charge in [-0.2, -0.15) is 0 Å². The van der Waals surface area contributed by atoms with Gasteiger partial charge in [0, 0.05) is 5.69 Å². The van der Waals surface area contributed by atoms with Gasteiger partial charge in [0.2, 0.25) is 0 Å². The Morgan fingerprint density at radius 3 is 2.57 bits per heavy atom. The Labute approximate surface area is 143 Å². The van der Waals surface area contributed by atoms with Crippen molar-refractivity contribution in [1.29, 1.82) is 0 Å². The molecule has 1 amide bonds. The fraction of sp³-hybridized carbons (Fsp3) is 0.0625. The van der Waals surface area contributed by atoms with Gasteiger partial charge < -0.3 is 10.4 Å². The molecule has 0 aromatic heterocycles. The van der Waals surface area contributed by atoms with Crippen molar-refractivity contribution >= 4 is 46.5 Å². The molecule has 0 bridgehead atoms. The summed E-state index contributed by atoms with van der Waals surface area (Å²) in [6.07, 6.45) is 0. The minimum Gasteiger partial charge on any atom is -0.478 e. The average Bonchev–Trinajstić information content (AvgIpc) is 2.47. The molecular formula is C16H13ClN2O3S. The van der Waals surface area contributed by atoms with Crippen LogP contribution in [0.1, 0.15) is 26.3 Å². The molecule has 0 aliphatic rings. The van der Waals surface area contributed by atoms with Gasteiger partial charge in [-0.05, 0) is 55.0 Å². The first kappa shape index (κ1) is 16.9. The second-order valence-corrected chi connectivity index (χ2v) is 5.59. The van der Waals surface area contributed by atoms with Gasteiger partial charge in [-0.1, -0.05) is 23.7 Å². The molecule has 0 aliphatic heterocycles. The number of carboxylic acid groups (broad SMARTS) is 1. The SMILES string of the molecule is Cc1ccc(C(=O)NC(=S)Nc2cccc(C(=O)O)c2)c(Cl)c1. The molecule has 0 aliphatic carbocycles. The monoisotopic (exact) mass is 348 g/mol. The van der Waals surface area contributed by atoms with E-state index in [0.29, 0.717) is 16.3 Å². The molecule has 0 spiro atoms. The Hall–Kier alpha value is -2.44. The molecule has 0 saturated carbocycles. The van der Waals surface area contributed by atoms with Crippen molar-refractivity contribution in [2.24, 2.45) is 0 Å². The fourth-order valence-corrected chi connectivity index (χ4v) is 2.40. The topological polar surface area (TPSA) is 78.4 Å². The summed E-state index contributed by atoms with van der Waals surface area (Å²) in [5, 5.41) is 14.6. The maximum atomic E-state index is 12.1. The molecule has 2 aromatic carbocycles. The lowest BCUT2D eigenvalue weighted by atomic mass is 10.1. The molecule has 2 aromatic rings. The molecule has 3 N–H and O–H groups in total. The maximum absolute atomic E-state index is 12.1. The number of carbonyl (C=O) groups excluding carboxylic acids is 1. The quantitative estimate of drug-likeness (QED) is 0.740. The Bertz CT molecular complexity index is 793. The summed E-state index contributed by atoms with van der Waals surface area (Å²) in [5.41, 5.74) is 1.83. The zero-order valence-electron chi connectivity index (χ0n) is 12.1. The molecule has 7 heteroatoms. The number of hydrogen-bond acceptors (Lipinski definition) is 3. The Balaban J connectivity index is 2.06. The molecule has 0 heterocycles. The second-order valence-electron chi connectivity index (χ2n) is 4.78. The van der Waals surface area contributed by atoms with E-state index >= 15 is 0 Å². The molecule has 2 rings (SSSR count). The van der Waals surface area contributed by atoms with Crippen LogP contribution in [-0.4, -0.2) is 22.1 Å². The number of rotatable bonds is 3. The number of hydrogen-bond donors (Lipinski definition) is 3. The molecule has 0 unspecified atom stereocenters. The zero-order valence-corrected chi connectivity index (χ0v) is 13.7. The largest absolute Gasteiger partial charge is 0.478 e. The van der Waals surface area contributed by atoms with Crippen LogP contribution in [0.4, 0.5) is 5.69 Å². The van der Waals surface area contributed by atoms with Gasteiger partial charge in [0.05, 0.1) is 16.1 Å². The first-order chi connectivity index (χ1) is 10.9. The number of nitrogens with one attached hydrogen (secondary N) is 2. The predicted octanol–water partition coefficient (Wildman–Crippen LogP) is 3.47. The third-order valence-electron chi connectivity index (χ3n) is 2.96. The zero-order chi connectivity index (χ0) is 17.0. The van der Waals surface area contributed by atoms with Crippen LogP contribution in [0.3, 0.4) is 0 Å². The van der Waals surface area contributed by atoms with E-state index in [-0.39, 0.29) is 10.7 Å². The predicted molar refractivity (Wildman–Crippen MR) is 93.3 cm³/mol. The molecule has 5 nitrogen and oxygen atoms in total. The van der Waals surface area contributed by atoms with Gasteiger partial charge in [-0.15, -0.1) is 0 Å². The smallest absolute Gasteiger partial charge is 0.335 e. The van der Waals surface area contributed by atoms with Crippen molar-refractivity contribution in [2.75, 3.05) is 5.32 Å². The Morgan fingerprint density at radius 1 is 1.17 bits per heavy atom. The number of aryl methyl sites for hydroxylation is 1. The van der Waals surface area contributed by atoms with Crippen LogP contribution in [0.2, 0.25) is 5.02 Å². The lowest BCUT2D eigenvalue weighted by Gasteiger charge is -2.11. The van der Waals surface area contributed by atoms with Crippen LogP contribution >= 0.6 is 23.8 Å². The lowest BCUT2D eigenvalue weighted by molar-refractivity contribution is 0.0696. The van der Waals surface area contributed by atoms with E-state index in [1.54, 1.807) is 30.3 Å². The first-order valence-corrected chi connectivity index (χ1v) is 7.37. The molecule has 0 fully saturated rings. The van der Waals surface area contributed by atoms with Crippen molar-refractivity contribution < 1.29 is 14.7 Å². The summed E-state index contributed by atoms with van der Waals surface area (Å²) in [7, 11) is 0. The second kappa shape index (κ2) is 7.21. The highest BCUT2D eigenvalue weighted by atomic mass is 35.5. The first-order valence-electron chi connectivity index (χ1n) is 6.58. The number of carboxylic acids is 1. The summed E-state index contributed by atoms with van der Waals surface area (Å²) in [6, 6.07) is 11.2. The molecule has 0 atom stereocenters. The molecule has 0 radical (unpaired) electrons. The number of amides is 1. The average molecular weight is 349 g/mol. The van der Waals surface area contributed by atoms with Gasteiger partial charge in [-0.3, -0.25) is 10.1 Å². The van der Waals surface area contributed by atoms with Gasteiger partial charge in [0.25, 0.3) is 5.91 Å². The molecule has 0 saturated heterocycles. The Morgan fingerprint density at radius 2 is 1.91 bits per heavy atom. The van der Waals surface area contributed by atoms with Crippen molar-refractivity contribution in [3.8, 4) is 0 Å². The highest BCUT2D eigenvalue weighted by Crippen LogP contribution is 2.17. The Kier molecular flexibility index (Phi) is 5.31. The third-order valence-corrected chi connectivity index (χ3v) is 3.48. The summed E-state index contributed by atoms with van der Waals surface area (Å²) in [6.45, 7) is 1.87. The highest BCUT2D eigenvalue weighted by molar-refractivity contribution is 7.80. The van der Waals surface area contributed by atoms with Crippen LogP contribution < -0.4 is 10.6 Å². The van der Waals surface area contributed by atoms with Crippen LogP contribution in [-0.2, 0) is 0 Å². The summed E-state index contributed by atoms with van der Waals surface area (Å²) >= 11 is 11.1. The van der Waals surface area contributed by atoms with E-state index in [9.17, 15) is 9.59 Å². The summed E-state index contributed by atoms with van der Waals surface area (Å²) in [4.78, 5) is 23.1. The molecule has 118 valence electrons. The number of thiocarbonyl (C=S) groups is 1. The van der Waals surface area contributed by atoms with Crippen molar-refractivity contribution in [3.05, 3.63) is 64.2 Å². The molecular weight excluding hydrogens is 336 g/mol. The highest BCUT2D eigenvalue weighted by Gasteiger charge is 2.12. The molecule has 23 heavy (non-hydrogen) atoms. The number of carbonyl (C=O) groups is 2. The minimum absolute atomic E-state index is 0.0502. The van der Waals surface area contributed by atoms with Crippen LogP contribution in [0.25, 0.3) is 0 Å². The summed E-state index contributed by atoms with van der Waals surface area (Å²) < 4.78 is 0. The van der Waals surface area contributed by atoms with Crippen molar-refractivity contribution in [1.82, 2.24) is 5.32 Å². The van der Waals surface area contributed by atoms with Gasteiger partial charge >= 0.3 is 5.97 Å². The third kappa shape index (κ3) is 4.51. The number of aromatic carboxylic acids is 1. The van der Waals surface area contributed by atoms with E-state index in [0.717, 1.165) is 5.56 Å². The number of benzene rings is 2. The fourth-order valence-electron chi connectivity index (χ4n) is 1.87. The lowest BCUT2D eigenvalue weighted by Crippen LogP contribution is -2.34. The normalized spacial score (nSPS) is 10.0. The van der Waals surface area contributed by atoms with Crippen LogP contribution in [0.15, 0.2) is 42.5 Å². The number of anilines is 1. The van der Waals surface area contributed by atoms with E-state index in [2.05, 4.69) is 10.6 Å². The van der Waals surface area contributed by atoms with E-state index in [1.165, 1.54) is 12.1 Å². The van der Waals surface area contributed by atoms with Crippen LogP contribution in [0.5, 0.6) is 0 Å². The van der Waals surface area contributed by atoms with E-state index in [1.807, 2.05) is 6.92 Å². The number of halogens is 1. The standard InChI is InChI=1S/C16H13ClN2O3S/c1-9-5-6-12(13(17)7-9)14(20)19-16(23)18-11-4-2-3-10(8-11)15(21)22/h2-8H,1H3,(H,21,22)(H2,18,19,20,23). The van der Waals surface area contributed by atoms with Crippen LogP contribution in [0, 0.1) is 6.92 Å². The van der Waals surface area contributed by atoms with Crippen molar-refractivity contribution in [2.45, 2.75) is 6.92 Å². The summed E-state index contributed by atoms with van der Waals surface area (Å²) in [5.74, 6) is -1.49. The minimum atomic E-state index is -1.05. The van der Waals surface area contributed by atoms with Gasteiger partial charge in [0.1, 0.15) is 0 Å². The maximum Gasteiger partial charge on any atom is 0.335 e. The van der Waals surface area contributed by atoms with Gasteiger partial charge in [-0.25, -0.2) is 4.79 Å². The van der Waals surface area contributed by atoms with E-state index in [4.69, 9.17) is 28.9 Å².